The first-order valence-electron chi connectivity index (χ1n) is 9.28. The van der Waals surface area contributed by atoms with E-state index in [-0.39, 0.29) is 35.0 Å². The molecule has 0 aliphatic heterocycles. The molecule has 1 aliphatic carbocycles. The fourth-order valence-electron chi connectivity index (χ4n) is 2.97. The Balaban J connectivity index is 1.56. The van der Waals surface area contributed by atoms with Gasteiger partial charge in [0.1, 0.15) is 5.82 Å². The Morgan fingerprint density at radius 3 is 2.30 bits per heavy atom. The molecule has 27 heavy (non-hydrogen) atoms. The minimum Gasteiger partial charge on any atom is -0.347 e. The third kappa shape index (κ3) is 4.73. The SMILES string of the molecule is CCC(C)(C)NC(=O)c1ccc(NC(=O)C2CC2c2ccc(F)cc2)cc1. The maximum Gasteiger partial charge on any atom is 0.251 e. The first-order chi connectivity index (χ1) is 12.8. The monoisotopic (exact) mass is 368 g/mol. The van der Waals surface area contributed by atoms with Crippen LogP contribution in [-0.4, -0.2) is 17.4 Å². The standard InChI is InChI=1S/C22H25FN2O2/c1-4-22(2,3)25-20(26)15-7-11-17(12-8-15)24-21(27)19-13-18(19)14-5-9-16(23)10-6-14/h5-12,18-19H,4,13H2,1-3H3,(H,24,27)(H,25,26). The van der Waals surface area contributed by atoms with Gasteiger partial charge in [-0.05, 0) is 74.6 Å². The zero-order valence-electron chi connectivity index (χ0n) is 15.9. The Bertz CT molecular complexity index is 828. The van der Waals surface area contributed by atoms with Gasteiger partial charge in [0, 0.05) is 22.7 Å². The highest BCUT2D eigenvalue weighted by Gasteiger charge is 2.43. The predicted octanol–water partition coefficient (Wildman–Crippen LogP) is 4.49. The maximum absolute atomic E-state index is 13.0. The summed E-state index contributed by atoms with van der Waals surface area (Å²) in [4.78, 5) is 24.7. The molecule has 0 saturated heterocycles. The van der Waals surface area contributed by atoms with Gasteiger partial charge >= 0.3 is 0 Å². The van der Waals surface area contributed by atoms with Crippen LogP contribution in [0.1, 0.15) is 55.5 Å². The van der Waals surface area contributed by atoms with Crippen LogP contribution in [0.15, 0.2) is 48.5 Å². The lowest BCUT2D eigenvalue weighted by atomic mass is 10.0. The van der Waals surface area contributed by atoms with Gasteiger partial charge < -0.3 is 10.6 Å². The lowest BCUT2D eigenvalue weighted by Crippen LogP contribution is -2.42. The molecule has 2 aromatic carbocycles. The molecule has 0 spiro atoms. The summed E-state index contributed by atoms with van der Waals surface area (Å²) in [6.07, 6.45) is 1.60. The number of amides is 2. The predicted molar refractivity (Wildman–Crippen MR) is 104 cm³/mol. The number of halogens is 1. The summed E-state index contributed by atoms with van der Waals surface area (Å²) in [5, 5.41) is 5.88. The van der Waals surface area contributed by atoms with Crippen LogP contribution in [0.5, 0.6) is 0 Å². The molecule has 2 amide bonds. The van der Waals surface area contributed by atoms with E-state index in [1.165, 1.54) is 12.1 Å². The van der Waals surface area contributed by atoms with Crippen molar-refractivity contribution in [3.8, 4) is 0 Å². The van der Waals surface area contributed by atoms with Crippen LogP contribution < -0.4 is 10.6 Å². The molecular weight excluding hydrogens is 343 g/mol. The molecule has 4 nitrogen and oxygen atoms in total. The van der Waals surface area contributed by atoms with Gasteiger partial charge in [-0.15, -0.1) is 0 Å². The molecule has 2 atom stereocenters. The Morgan fingerprint density at radius 1 is 1.07 bits per heavy atom. The van der Waals surface area contributed by atoms with E-state index in [0.717, 1.165) is 18.4 Å². The lowest BCUT2D eigenvalue weighted by molar-refractivity contribution is -0.117. The van der Waals surface area contributed by atoms with E-state index >= 15 is 0 Å². The van der Waals surface area contributed by atoms with Gasteiger partial charge in [-0.3, -0.25) is 9.59 Å². The second kappa shape index (κ2) is 7.51. The van der Waals surface area contributed by atoms with Crippen molar-refractivity contribution in [2.45, 2.75) is 45.1 Å². The van der Waals surface area contributed by atoms with Crippen molar-refractivity contribution in [1.82, 2.24) is 5.32 Å². The first-order valence-corrected chi connectivity index (χ1v) is 9.28. The zero-order chi connectivity index (χ0) is 19.6. The van der Waals surface area contributed by atoms with Crippen LogP contribution in [0, 0.1) is 11.7 Å². The number of hydrogen-bond donors (Lipinski definition) is 2. The number of nitrogens with one attached hydrogen (secondary N) is 2. The van der Waals surface area contributed by atoms with Crippen molar-refractivity contribution in [1.29, 1.82) is 0 Å². The zero-order valence-corrected chi connectivity index (χ0v) is 15.9. The van der Waals surface area contributed by atoms with E-state index in [4.69, 9.17) is 0 Å². The second-order valence-electron chi connectivity index (χ2n) is 7.76. The molecule has 1 aliphatic rings. The van der Waals surface area contributed by atoms with Crippen LogP contribution in [0.3, 0.4) is 0 Å². The summed E-state index contributed by atoms with van der Waals surface area (Å²) in [6, 6.07) is 13.2. The smallest absolute Gasteiger partial charge is 0.251 e. The summed E-state index contributed by atoms with van der Waals surface area (Å²) < 4.78 is 13.0. The minimum atomic E-state index is -0.271. The van der Waals surface area contributed by atoms with E-state index in [2.05, 4.69) is 10.6 Å². The Hall–Kier alpha value is -2.69. The summed E-state index contributed by atoms with van der Waals surface area (Å²) >= 11 is 0. The highest BCUT2D eigenvalue weighted by atomic mass is 19.1. The molecule has 1 fully saturated rings. The van der Waals surface area contributed by atoms with E-state index in [9.17, 15) is 14.0 Å². The van der Waals surface area contributed by atoms with E-state index in [1.54, 1.807) is 36.4 Å². The normalized spacial score (nSPS) is 18.7. The topological polar surface area (TPSA) is 58.2 Å². The third-order valence-corrected chi connectivity index (χ3v) is 5.18. The van der Waals surface area contributed by atoms with Gasteiger partial charge in [0.2, 0.25) is 5.91 Å². The number of rotatable bonds is 6. The number of anilines is 1. The molecule has 3 rings (SSSR count). The average molecular weight is 368 g/mol. The summed E-state index contributed by atoms with van der Waals surface area (Å²) in [5.41, 5.74) is 1.95. The fraction of sp³-hybridized carbons (Fsp3) is 0.364. The van der Waals surface area contributed by atoms with Crippen molar-refractivity contribution in [3.05, 3.63) is 65.5 Å². The summed E-state index contributed by atoms with van der Waals surface area (Å²) in [5.74, 6) is -0.394. The number of carbonyl (C=O) groups is 2. The van der Waals surface area contributed by atoms with E-state index in [0.29, 0.717) is 11.3 Å². The van der Waals surface area contributed by atoms with Gasteiger partial charge in [-0.2, -0.15) is 0 Å². The second-order valence-corrected chi connectivity index (χ2v) is 7.76. The summed E-state index contributed by atoms with van der Waals surface area (Å²) in [6.45, 7) is 5.98. The van der Waals surface area contributed by atoms with Crippen LogP contribution >= 0.6 is 0 Å². The van der Waals surface area contributed by atoms with E-state index < -0.39 is 0 Å². The van der Waals surface area contributed by atoms with Crippen molar-refractivity contribution in [3.63, 3.8) is 0 Å². The molecule has 2 unspecified atom stereocenters. The quantitative estimate of drug-likeness (QED) is 0.789. The van der Waals surface area contributed by atoms with Crippen LogP contribution in [-0.2, 0) is 4.79 Å². The van der Waals surface area contributed by atoms with Gasteiger partial charge in [0.05, 0.1) is 0 Å². The highest BCUT2D eigenvalue weighted by Crippen LogP contribution is 2.47. The van der Waals surface area contributed by atoms with Gasteiger partial charge in [0.25, 0.3) is 5.91 Å². The molecule has 1 saturated carbocycles. The van der Waals surface area contributed by atoms with Gasteiger partial charge in [0.15, 0.2) is 0 Å². The molecule has 0 radical (unpaired) electrons. The average Bonchev–Trinajstić information content (AvgIpc) is 3.43. The van der Waals surface area contributed by atoms with Crippen LogP contribution in [0.4, 0.5) is 10.1 Å². The first kappa shape index (κ1) is 19.1. The van der Waals surface area contributed by atoms with Crippen molar-refractivity contribution >= 4 is 17.5 Å². The summed E-state index contributed by atoms with van der Waals surface area (Å²) in [7, 11) is 0. The molecule has 5 heteroatoms. The Kier molecular flexibility index (Phi) is 5.31. The molecule has 0 bridgehead atoms. The molecule has 142 valence electrons. The van der Waals surface area contributed by atoms with Crippen molar-refractivity contribution in [2.24, 2.45) is 5.92 Å². The highest BCUT2D eigenvalue weighted by molar-refractivity contribution is 5.97. The molecule has 2 N–H and O–H groups in total. The third-order valence-electron chi connectivity index (χ3n) is 5.18. The van der Waals surface area contributed by atoms with Crippen molar-refractivity contribution < 1.29 is 14.0 Å². The lowest BCUT2D eigenvalue weighted by Gasteiger charge is -2.24. The van der Waals surface area contributed by atoms with E-state index in [1.807, 2.05) is 20.8 Å². The number of benzene rings is 2. The minimum absolute atomic E-state index is 0.0476. The number of carbonyl (C=O) groups excluding carboxylic acids is 2. The maximum atomic E-state index is 13.0. The Morgan fingerprint density at radius 2 is 1.70 bits per heavy atom. The fourth-order valence-corrected chi connectivity index (χ4v) is 2.97. The number of hydrogen-bond acceptors (Lipinski definition) is 2. The molecule has 2 aromatic rings. The Labute approximate surface area is 159 Å². The van der Waals surface area contributed by atoms with Crippen LogP contribution in [0.2, 0.25) is 0 Å². The van der Waals surface area contributed by atoms with Crippen LogP contribution in [0.25, 0.3) is 0 Å². The van der Waals surface area contributed by atoms with Crippen molar-refractivity contribution in [2.75, 3.05) is 5.32 Å². The molecule has 0 heterocycles. The van der Waals surface area contributed by atoms with Gasteiger partial charge in [-0.25, -0.2) is 4.39 Å². The molecular formula is C22H25FN2O2. The van der Waals surface area contributed by atoms with Gasteiger partial charge in [-0.1, -0.05) is 19.1 Å². The largest absolute Gasteiger partial charge is 0.347 e. The molecule has 0 aromatic heterocycles.